The van der Waals surface area contributed by atoms with Crippen molar-refractivity contribution in [2.75, 3.05) is 6.54 Å². The van der Waals surface area contributed by atoms with Crippen molar-refractivity contribution in [2.24, 2.45) is 0 Å². The monoisotopic (exact) mass is 399 g/mol. The molecule has 6 nitrogen and oxygen atoms in total. The van der Waals surface area contributed by atoms with Crippen LogP contribution in [0.1, 0.15) is 17.2 Å². The van der Waals surface area contributed by atoms with Crippen molar-refractivity contribution >= 4 is 6.03 Å². The van der Waals surface area contributed by atoms with Crippen molar-refractivity contribution in [3.8, 4) is 11.5 Å². The molecule has 0 spiro atoms. The van der Waals surface area contributed by atoms with Gasteiger partial charge in [0.1, 0.15) is 11.6 Å². The number of urea groups is 1. The first kappa shape index (κ1) is 20.2. The highest BCUT2D eigenvalue weighted by Crippen LogP contribution is 2.24. The van der Waals surface area contributed by atoms with E-state index < -0.39 is 23.8 Å². The van der Waals surface area contributed by atoms with Gasteiger partial charge in [0.05, 0.1) is 12.3 Å². The molecule has 29 heavy (non-hydrogen) atoms. The lowest BCUT2D eigenvalue weighted by Gasteiger charge is -2.13. The number of nitrogens with zero attached hydrogens (tertiary/aromatic N) is 1. The summed E-state index contributed by atoms with van der Waals surface area (Å²) in [5, 5.41) is 15.1. The fourth-order valence-corrected chi connectivity index (χ4v) is 2.51. The van der Waals surface area contributed by atoms with Gasteiger partial charge in [-0.25, -0.2) is 13.6 Å². The van der Waals surface area contributed by atoms with Crippen LogP contribution in [0.4, 0.5) is 13.6 Å². The van der Waals surface area contributed by atoms with Gasteiger partial charge in [-0.3, -0.25) is 4.98 Å². The zero-order chi connectivity index (χ0) is 20.6. The number of pyridine rings is 1. The van der Waals surface area contributed by atoms with E-state index in [1.807, 2.05) is 0 Å². The summed E-state index contributed by atoms with van der Waals surface area (Å²) >= 11 is 0. The van der Waals surface area contributed by atoms with Crippen LogP contribution >= 0.6 is 0 Å². The van der Waals surface area contributed by atoms with Crippen LogP contribution in [0.25, 0.3) is 0 Å². The number of hydrogen-bond donors (Lipinski definition) is 3. The number of aliphatic hydroxyl groups is 1. The molecular formula is C21H19F2N3O3. The molecule has 3 rings (SSSR count). The largest absolute Gasteiger partial charge is 0.453 e. The van der Waals surface area contributed by atoms with Crippen LogP contribution in [-0.2, 0) is 6.54 Å². The number of halogens is 2. The molecule has 0 radical (unpaired) electrons. The summed E-state index contributed by atoms with van der Waals surface area (Å²) in [5.74, 6) is -0.513. The Morgan fingerprint density at radius 3 is 2.59 bits per heavy atom. The van der Waals surface area contributed by atoms with E-state index in [2.05, 4.69) is 15.6 Å². The lowest BCUT2D eigenvalue weighted by molar-refractivity contribution is 0.173. The van der Waals surface area contributed by atoms with Gasteiger partial charge < -0.3 is 20.5 Å². The minimum Gasteiger partial charge on any atom is -0.453 e. The smallest absolute Gasteiger partial charge is 0.315 e. The molecule has 2 aromatic carbocycles. The first-order valence-corrected chi connectivity index (χ1v) is 8.83. The van der Waals surface area contributed by atoms with E-state index in [0.717, 1.165) is 0 Å². The third kappa shape index (κ3) is 5.98. The zero-order valence-corrected chi connectivity index (χ0v) is 15.3. The van der Waals surface area contributed by atoms with Gasteiger partial charge in [-0.05, 0) is 47.5 Å². The Labute approximate surface area is 166 Å². The number of aliphatic hydroxyl groups excluding tert-OH is 1. The number of nitrogens with one attached hydrogen (secondary N) is 2. The molecule has 0 saturated carbocycles. The number of ether oxygens (including phenoxy) is 1. The molecule has 0 aliphatic heterocycles. The van der Waals surface area contributed by atoms with Gasteiger partial charge in [-0.15, -0.1) is 0 Å². The number of benzene rings is 2. The SMILES string of the molecule is O=C(NCc1ccc(Oc2cccnc2)c(F)c1)NCC(O)c1ccc(F)cc1. The van der Waals surface area contributed by atoms with Crippen LogP contribution in [-0.4, -0.2) is 22.7 Å². The average molecular weight is 399 g/mol. The number of hydrogen-bond acceptors (Lipinski definition) is 4. The van der Waals surface area contributed by atoms with E-state index in [4.69, 9.17) is 4.74 Å². The number of amides is 2. The van der Waals surface area contributed by atoms with Crippen LogP contribution in [0.3, 0.4) is 0 Å². The molecule has 1 unspecified atom stereocenters. The Morgan fingerprint density at radius 2 is 1.90 bits per heavy atom. The molecule has 0 bridgehead atoms. The van der Waals surface area contributed by atoms with E-state index in [0.29, 0.717) is 16.9 Å². The van der Waals surface area contributed by atoms with E-state index in [-0.39, 0.29) is 18.8 Å². The fourth-order valence-electron chi connectivity index (χ4n) is 2.51. The molecule has 3 N–H and O–H groups in total. The van der Waals surface area contributed by atoms with Crippen LogP contribution in [0, 0.1) is 11.6 Å². The summed E-state index contributed by atoms with van der Waals surface area (Å²) in [4.78, 5) is 15.8. The summed E-state index contributed by atoms with van der Waals surface area (Å²) in [6.07, 6.45) is 2.09. The van der Waals surface area contributed by atoms with Gasteiger partial charge in [0.25, 0.3) is 0 Å². The first-order valence-electron chi connectivity index (χ1n) is 8.83. The maximum Gasteiger partial charge on any atom is 0.315 e. The van der Waals surface area contributed by atoms with E-state index in [9.17, 15) is 18.7 Å². The first-order chi connectivity index (χ1) is 14.0. The van der Waals surface area contributed by atoms with E-state index in [1.54, 1.807) is 24.4 Å². The highest BCUT2D eigenvalue weighted by Gasteiger charge is 2.10. The summed E-state index contributed by atoms with van der Waals surface area (Å²) < 4.78 is 32.5. The summed E-state index contributed by atoms with van der Waals surface area (Å²) in [5.41, 5.74) is 1.02. The molecule has 0 aliphatic rings. The molecule has 1 atom stereocenters. The van der Waals surface area contributed by atoms with Crippen LogP contribution in [0.5, 0.6) is 11.5 Å². The number of rotatable bonds is 7. The van der Waals surface area contributed by atoms with Crippen LogP contribution in [0.15, 0.2) is 67.0 Å². The molecule has 150 valence electrons. The van der Waals surface area contributed by atoms with Gasteiger partial charge in [0.15, 0.2) is 11.6 Å². The summed E-state index contributed by atoms with van der Waals surface area (Å²) in [6.45, 7) is 0.0340. The van der Waals surface area contributed by atoms with Crippen molar-refractivity contribution in [3.05, 3.63) is 89.8 Å². The third-order valence-electron chi connectivity index (χ3n) is 4.02. The van der Waals surface area contributed by atoms with Crippen molar-refractivity contribution in [1.29, 1.82) is 0 Å². The number of carbonyl (C=O) groups excluding carboxylic acids is 1. The second-order valence-electron chi connectivity index (χ2n) is 6.19. The van der Waals surface area contributed by atoms with Gasteiger partial charge >= 0.3 is 6.03 Å². The van der Waals surface area contributed by atoms with Gasteiger partial charge in [-0.1, -0.05) is 18.2 Å². The molecule has 0 saturated heterocycles. The molecule has 3 aromatic rings. The quantitative estimate of drug-likeness (QED) is 0.566. The molecule has 2 amide bonds. The lowest BCUT2D eigenvalue weighted by Crippen LogP contribution is -2.37. The number of aromatic nitrogens is 1. The standard InChI is InChI=1S/C21H19F2N3O3/c22-16-6-4-15(5-7-16)19(27)13-26-21(28)25-11-14-3-8-20(18(23)10-14)29-17-2-1-9-24-12-17/h1-10,12,19,27H,11,13H2,(H2,25,26,28). The van der Waals surface area contributed by atoms with Crippen LogP contribution < -0.4 is 15.4 Å². The second-order valence-corrected chi connectivity index (χ2v) is 6.19. The van der Waals surface area contributed by atoms with E-state index >= 15 is 0 Å². The minimum atomic E-state index is -0.970. The summed E-state index contributed by atoms with van der Waals surface area (Å²) in [6, 6.07) is 12.5. The molecule has 8 heteroatoms. The van der Waals surface area contributed by atoms with Gasteiger partial charge in [-0.2, -0.15) is 0 Å². The zero-order valence-electron chi connectivity index (χ0n) is 15.3. The summed E-state index contributed by atoms with van der Waals surface area (Å²) in [7, 11) is 0. The molecule has 1 heterocycles. The second kappa shape index (κ2) is 9.61. The highest BCUT2D eigenvalue weighted by atomic mass is 19.1. The minimum absolute atomic E-state index is 0.0496. The maximum atomic E-state index is 14.2. The molecule has 1 aromatic heterocycles. The predicted octanol–water partition coefficient (Wildman–Crippen LogP) is 3.68. The van der Waals surface area contributed by atoms with Crippen molar-refractivity contribution in [2.45, 2.75) is 12.6 Å². The van der Waals surface area contributed by atoms with Crippen molar-refractivity contribution in [1.82, 2.24) is 15.6 Å². The van der Waals surface area contributed by atoms with Gasteiger partial charge in [0, 0.05) is 19.3 Å². The Morgan fingerprint density at radius 1 is 1.10 bits per heavy atom. The van der Waals surface area contributed by atoms with Crippen LogP contribution in [0.2, 0.25) is 0 Å². The Bertz CT molecular complexity index is 953. The molecular weight excluding hydrogens is 380 g/mol. The lowest BCUT2D eigenvalue weighted by atomic mass is 10.1. The van der Waals surface area contributed by atoms with E-state index in [1.165, 1.54) is 42.6 Å². The number of carbonyl (C=O) groups is 1. The highest BCUT2D eigenvalue weighted by molar-refractivity contribution is 5.73. The Hall–Kier alpha value is -3.52. The average Bonchev–Trinajstić information content (AvgIpc) is 2.73. The molecule has 0 aliphatic carbocycles. The Kier molecular flexibility index (Phi) is 6.70. The Balaban J connectivity index is 1.47. The van der Waals surface area contributed by atoms with Crippen molar-refractivity contribution in [3.63, 3.8) is 0 Å². The maximum absolute atomic E-state index is 14.2. The van der Waals surface area contributed by atoms with Gasteiger partial charge in [0.2, 0.25) is 0 Å². The molecule has 0 fully saturated rings. The predicted molar refractivity (Wildman–Crippen MR) is 102 cm³/mol. The topological polar surface area (TPSA) is 83.5 Å². The fraction of sp³-hybridized carbons (Fsp3) is 0.143. The normalized spacial score (nSPS) is 11.6. The van der Waals surface area contributed by atoms with Crippen molar-refractivity contribution < 1.29 is 23.4 Å². The third-order valence-corrected chi connectivity index (χ3v) is 4.02.